The molecule has 3 aromatic carbocycles. The lowest BCUT2D eigenvalue weighted by Gasteiger charge is -2.33. The Bertz CT molecular complexity index is 1600. The van der Waals surface area contributed by atoms with Gasteiger partial charge >= 0.3 is 0 Å². The molecular weight excluding hydrogens is 608 g/mol. The molecule has 1 atom stereocenters. The van der Waals surface area contributed by atoms with Crippen LogP contribution in [0.1, 0.15) is 38.3 Å². The molecule has 0 bridgehead atoms. The minimum Gasteiger partial charge on any atom is -0.495 e. The molecule has 0 spiro atoms. The Kier molecular flexibility index (Phi) is 11.7. The Balaban J connectivity index is 2.16. The van der Waals surface area contributed by atoms with Gasteiger partial charge in [0.25, 0.3) is 15.7 Å². The van der Waals surface area contributed by atoms with Crippen molar-refractivity contribution in [1.82, 2.24) is 10.2 Å². The maximum absolute atomic E-state index is 14.2. The predicted octanol–water partition coefficient (Wildman–Crippen LogP) is 5.34. The van der Waals surface area contributed by atoms with Crippen LogP contribution in [0.15, 0.2) is 71.6 Å². The molecule has 0 saturated heterocycles. The van der Waals surface area contributed by atoms with Gasteiger partial charge < -0.3 is 15.0 Å². The number of carbonyl (C=O) groups excluding carboxylic acids is 2. The van der Waals surface area contributed by atoms with Gasteiger partial charge in [-0.15, -0.1) is 0 Å². The molecule has 3 rings (SSSR count). The van der Waals surface area contributed by atoms with E-state index in [0.717, 1.165) is 15.9 Å². The molecule has 1 N–H and O–H groups in total. The van der Waals surface area contributed by atoms with Crippen LogP contribution in [0, 0.1) is 23.0 Å². The molecule has 0 aliphatic carbocycles. The van der Waals surface area contributed by atoms with Gasteiger partial charge in [-0.05, 0) is 49.1 Å². The van der Waals surface area contributed by atoms with Gasteiger partial charge in [0.15, 0.2) is 0 Å². The summed E-state index contributed by atoms with van der Waals surface area (Å²) in [5, 5.41) is 14.7. The molecule has 44 heavy (non-hydrogen) atoms. The number of rotatable bonds is 14. The van der Waals surface area contributed by atoms with E-state index in [1.165, 1.54) is 49.3 Å². The van der Waals surface area contributed by atoms with E-state index in [2.05, 4.69) is 5.32 Å². The van der Waals surface area contributed by atoms with Crippen LogP contribution < -0.4 is 14.4 Å². The highest BCUT2D eigenvalue weighted by Crippen LogP contribution is 2.36. The summed E-state index contributed by atoms with van der Waals surface area (Å²) in [6, 6.07) is 15.9. The number of sulfonamides is 1. The quantitative estimate of drug-likeness (QED) is 0.185. The van der Waals surface area contributed by atoms with Crippen molar-refractivity contribution >= 4 is 44.8 Å². The Morgan fingerprint density at radius 3 is 2.34 bits per heavy atom. The van der Waals surface area contributed by atoms with E-state index in [4.69, 9.17) is 16.3 Å². The van der Waals surface area contributed by atoms with Gasteiger partial charge in [0.05, 0.1) is 22.6 Å². The van der Waals surface area contributed by atoms with E-state index >= 15 is 0 Å². The molecule has 0 aliphatic heterocycles. The number of hydrogen-bond acceptors (Lipinski definition) is 7. The number of carbonyl (C=O) groups is 2. The van der Waals surface area contributed by atoms with Gasteiger partial charge in [-0.1, -0.05) is 68.8 Å². The Hall–Kier alpha value is -4.16. The number of anilines is 1. The number of nitrogens with one attached hydrogen (secondary N) is 1. The van der Waals surface area contributed by atoms with Crippen LogP contribution in [0.3, 0.4) is 0 Å². The fourth-order valence-electron chi connectivity index (χ4n) is 4.57. The average Bonchev–Trinajstić information content (AvgIpc) is 2.98. The fraction of sp³-hybridized carbons (Fsp3) is 0.355. The third kappa shape index (κ3) is 8.26. The molecule has 1 unspecified atom stereocenters. The van der Waals surface area contributed by atoms with Crippen LogP contribution >= 0.6 is 11.6 Å². The zero-order valence-corrected chi connectivity index (χ0v) is 26.9. The summed E-state index contributed by atoms with van der Waals surface area (Å²) in [6.45, 7) is 6.84. The molecular formula is C31H37ClN4O7S. The SMILES string of the molecule is CCC(C(=O)NCC(C)C)N(Cc1ccccc1)C(=O)CN(c1cc(Cl)ccc1OC)S(=O)(=O)c1ccc(C)c([N+](=O)[O-])c1. The second kappa shape index (κ2) is 15.0. The van der Waals surface area contributed by atoms with Crippen molar-refractivity contribution in [3.63, 3.8) is 0 Å². The van der Waals surface area contributed by atoms with Crippen molar-refractivity contribution in [1.29, 1.82) is 0 Å². The highest BCUT2D eigenvalue weighted by molar-refractivity contribution is 7.92. The van der Waals surface area contributed by atoms with Gasteiger partial charge in [-0.25, -0.2) is 8.42 Å². The third-order valence-electron chi connectivity index (χ3n) is 6.92. The number of benzene rings is 3. The first-order chi connectivity index (χ1) is 20.8. The minimum absolute atomic E-state index is 0.0316. The van der Waals surface area contributed by atoms with Gasteiger partial charge in [0.1, 0.15) is 18.3 Å². The lowest BCUT2D eigenvalue weighted by Crippen LogP contribution is -2.52. The maximum atomic E-state index is 14.2. The topological polar surface area (TPSA) is 139 Å². The summed E-state index contributed by atoms with van der Waals surface area (Å²) < 4.78 is 34.7. The van der Waals surface area contributed by atoms with Crippen LogP contribution in [-0.4, -0.2) is 56.3 Å². The Morgan fingerprint density at radius 2 is 1.75 bits per heavy atom. The maximum Gasteiger partial charge on any atom is 0.273 e. The summed E-state index contributed by atoms with van der Waals surface area (Å²) >= 11 is 6.27. The zero-order chi connectivity index (χ0) is 32.6. The first kappa shape index (κ1) is 34.3. The first-order valence-corrected chi connectivity index (χ1v) is 15.8. The van der Waals surface area contributed by atoms with Crippen LogP contribution in [-0.2, 0) is 26.2 Å². The smallest absolute Gasteiger partial charge is 0.273 e. The van der Waals surface area contributed by atoms with Crippen molar-refractivity contribution in [3.8, 4) is 5.75 Å². The van der Waals surface area contributed by atoms with E-state index in [1.54, 1.807) is 31.2 Å². The van der Waals surface area contributed by atoms with Crippen molar-refractivity contribution < 1.29 is 27.7 Å². The number of ether oxygens (including phenoxy) is 1. The van der Waals surface area contributed by atoms with E-state index in [9.17, 15) is 28.1 Å². The number of halogens is 1. The molecule has 3 aromatic rings. The minimum atomic E-state index is -4.61. The first-order valence-electron chi connectivity index (χ1n) is 14.0. The number of nitro benzene ring substituents is 1. The van der Waals surface area contributed by atoms with Gasteiger partial charge in [0.2, 0.25) is 11.8 Å². The Labute approximate surface area is 263 Å². The van der Waals surface area contributed by atoms with E-state index in [-0.39, 0.29) is 46.8 Å². The highest BCUT2D eigenvalue weighted by Gasteiger charge is 2.35. The summed E-state index contributed by atoms with van der Waals surface area (Å²) in [6.07, 6.45) is 0.264. The number of nitrogens with zero attached hydrogens (tertiary/aromatic N) is 3. The molecule has 236 valence electrons. The molecule has 13 heteroatoms. The van der Waals surface area contributed by atoms with Crippen molar-refractivity contribution in [2.45, 2.75) is 51.6 Å². The Morgan fingerprint density at radius 1 is 1.07 bits per heavy atom. The van der Waals surface area contributed by atoms with Crippen LogP contribution in [0.5, 0.6) is 5.75 Å². The second-order valence-electron chi connectivity index (χ2n) is 10.6. The monoisotopic (exact) mass is 644 g/mol. The summed E-state index contributed by atoms with van der Waals surface area (Å²) in [4.78, 5) is 39.5. The highest BCUT2D eigenvalue weighted by atomic mass is 35.5. The van der Waals surface area contributed by atoms with Crippen LogP contribution in [0.25, 0.3) is 0 Å². The molecule has 2 amide bonds. The van der Waals surface area contributed by atoms with E-state index in [0.29, 0.717) is 6.54 Å². The molecule has 11 nitrogen and oxygen atoms in total. The summed E-state index contributed by atoms with van der Waals surface area (Å²) in [7, 11) is -3.27. The van der Waals surface area contributed by atoms with Gasteiger partial charge in [-0.2, -0.15) is 0 Å². The standard InChI is InChI=1S/C31H37ClN4O7S/c1-6-26(31(38)33-18-21(2)3)34(19-23-10-8-7-9-11-23)30(37)20-35(28-16-24(32)13-15-29(28)43-5)44(41,42)25-14-12-22(4)27(17-25)36(39)40/h7-17,21,26H,6,18-20H2,1-5H3,(H,33,38). The molecule has 0 radical (unpaired) electrons. The van der Waals surface area contributed by atoms with E-state index in [1.807, 2.05) is 19.9 Å². The van der Waals surface area contributed by atoms with Crippen molar-refractivity contribution in [3.05, 3.63) is 93.0 Å². The molecule has 0 saturated carbocycles. The van der Waals surface area contributed by atoms with Crippen molar-refractivity contribution in [2.75, 3.05) is 24.5 Å². The lowest BCUT2D eigenvalue weighted by molar-refractivity contribution is -0.385. The average molecular weight is 645 g/mol. The number of nitro groups is 1. The van der Waals surface area contributed by atoms with Gasteiger partial charge in [0, 0.05) is 29.7 Å². The third-order valence-corrected chi connectivity index (χ3v) is 8.91. The number of amides is 2. The lowest BCUT2D eigenvalue weighted by atomic mass is 10.1. The van der Waals surface area contributed by atoms with Gasteiger partial charge in [-0.3, -0.25) is 24.0 Å². The second-order valence-corrected chi connectivity index (χ2v) is 12.9. The largest absolute Gasteiger partial charge is 0.495 e. The number of methoxy groups -OCH3 is 1. The summed E-state index contributed by atoms with van der Waals surface area (Å²) in [5.41, 5.74) is 0.562. The summed E-state index contributed by atoms with van der Waals surface area (Å²) in [5.74, 6) is -0.769. The normalized spacial score (nSPS) is 12.0. The van der Waals surface area contributed by atoms with Crippen molar-refractivity contribution in [2.24, 2.45) is 5.92 Å². The zero-order valence-electron chi connectivity index (χ0n) is 25.3. The molecule has 0 fully saturated rings. The van der Waals surface area contributed by atoms with Crippen LogP contribution in [0.2, 0.25) is 5.02 Å². The molecule has 0 heterocycles. The van der Waals surface area contributed by atoms with E-state index < -0.39 is 44.0 Å². The molecule has 0 aromatic heterocycles. The molecule has 0 aliphatic rings. The number of hydrogen-bond donors (Lipinski definition) is 1. The number of aryl methyl sites for hydroxylation is 1. The van der Waals surface area contributed by atoms with Crippen LogP contribution in [0.4, 0.5) is 11.4 Å². The fourth-order valence-corrected chi connectivity index (χ4v) is 6.17. The predicted molar refractivity (Wildman–Crippen MR) is 169 cm³/mol.